The van der Waals surface area contributed by atoms with Gasteiger partial charge in [0.25, 0.3) is 0 Å². The van der Waals surface area contributed by atoms with Crippen LogP contribution in [0.5, 0.6) is 0 Å². The maximum atomic E-state index is 11.2. The quantitative estimate of drug-likeness (QED) is 0.730. The van der Waals surface area contributed by atoms with Crippen LogP contribution in [-0.4, -0.2) is 20.8 Å². The molecule has 2 atom stereocenters. The fraction of sp³-hybridized carbons (Fsp3) is 0.800. The van der Waals surface area contributed by atoms with E-state index in [0.29, 0.717) is 5.92 Å². The van der Waals surface area contributed by atoms with E-state index in [-0.39, 0.29) is 11.7 Å². The molecule has 0 spiro atoms. The third-order valence-electron chi connectivity index (χ3n) is 3.39. The van der Waals surface area contributed by atoms with E-state index in [9.17, 15) is 4.79 Å². The average molecular weight is 210 g/mol. The fourth-order valence-corrected chi connectivity index (χ4v) is 2.29. The predicted molar refractivity (Wildman–Crippen MR) is 57.5 cm³/mol. The second-order valence-electron chi connectivity index (χ2n) is 4.42. The van der Waals surface area contributed by atoms with Crippen molar-refractivity contribution in [3.05, 3.63) is 16.3 Å². The maximum absolute atomic E-state index is 11.2. The number of hydrogen-bond donors (Lipinski definition) is 2. The molecule has 1 fully saturated rings. The highest BCUT2D eigenvalue weighted by molar-refractivity contribution is 4.91. The first-order chi connectivity index (χ1) is 7.18. The van der Waals surface area contributed by atoms with Crippen LogP contribution in [0.4, 0.5) is 0 Å². The normalized spacial score (nSPS) is 26.8. The second kappa shape index (κ2) is 4.18. The third kappa shape index (κ3) is 2.12. The molecule has 5 nitrogen and oxygen atoms in total. The number of nitrogens with zero attached hydrogens (tertiary/aromatic N) is 2. The molecule has 2 rings (SSSR count). The summed E-state index contributed by atoms with van der Waals surface area (Å²) >= 11 is 0. The third-order valence-corrected chi connectivity index (χ3v) is 3.39. The van der Waals surface area contributed by atoms with Gasteiger partial charge in [0.2, 0.25) is 0 Å². The van der Waals surface area contributed by atoms with Gasteiger partial charge >= 0.3 is 5.69 Å². The van der Waals surface area contributed by atoms with Crippen LogP contribution in [0, 0.1) is 5.92 Å². The zero-order chi connectivity index (χ0) is 10.8. The molecule has 5 heteroatoms. The molecule has 0 amide bonds. The van der Waals surface area contributed by atoms with Crippen molar-refractivity contribution in [3.8, 4) is 0 Å². The van der Waals surface area contributed by atoms with Crippen LogP contribution in [0.1, 0.15) is 31.5 Å². The highest BCUT2D eigenvalue weighted by Gasteiger charge is 2.23. The SMILES string of the molecule is Cn1c(C[C@H]2CCCC[C@H]2N)n[nH]c1=O. The molecule has 0 radical (unpaired) electrons. The van der Waals surface area contributed by atoms with Crippen LogP contribution in [0.25, 0.3) is 0 Å². The highest BCUT2D eigenvalue weighted by Crippen LogP contribution is 2.25. The van der Waals surface area contributed by atoms with Gasteiger partial charge in [-0.2, -0.15) is 5.10 Å². The zero-order valence-electron chi connectivity index (χ0n) is 9.07. The Labute approximate surface area is 88.7 Å². The minimum absolute atomic E-state index is 0.144. The first-order valence-electron chi connectivity index (χ1n) is 5.54. The molecule has 1 heterocycles. The van der Waals surface area contributed by atoms with Gasteiger partial charge in [0, 0.05) is 19.5 Å². The Kier molecular flexibility index (Phi) is 2.90. The summed E-state index contributed by atoms with van der Waals surface area (Å²) < 4.78 is 1.57. The molecule has 1 aliphatic rings. The number of rotatable bonds is 2. The molecule has 15 heavy (non-hydrogen) atoms. The lowest BCUT2D eigenvalue weighted by Gasteiger charge is -2.27. The van der Waals surface area contributed by atoms with E-state index < -0.39 is 0 Å². The summed E-state index contributed by atoms with van der Waals surface area (Å²) in [6, 6.07) is 0.269. The molecule has 0 aromatic carbocycles. The molecule has 0 aliphatic heterocycles. The van der Waals surface area contributed by atoms with Crippen LogP contribution >= 0.6 is 0 Å². The van der Waals surface area contributed by atoms with Gasteiger partial charge in [0.05, 0.1) is 0 Å². The van der Waals surface area contributed by atoms with Crippen molar-refractivity contribution < 1.29 is 0 Å². The van der Waals surface area contributed by atoms with Crippen molar-refractivity contribution >= 4 is 0 Å². The van der Waals surface area contributed by atoms with Gasteiger partial charge in [-0.15, -0.1) is 0 Å². The predicted octanol–water partition coefficient (Wildman–Crippen LogP) is 0.168. The van der Waals surface area contributed by atoms with E-state index in [0.717, 1.165) is 25.1 Å². The van der Waals surface area contributed by atoms with Crippen LogP contribution in [0.3, 0.4) is 0 Å². The molecule has 0 saturated heterocycles. The number of aromatic amines is 1. The topological polar surface area (TPSA) is 76.7 Å². The molecule has 3 N–H and O–H groups in total. The molecular formula is C10H18N4O. The Morgan fingerprint density at radius 2 is 2.27 bits per heavy atom. The molecule has 1 saturated carbocycles. The lowest BCUT2D eigenvalue weighted by molar-refractivity contribution is 0.300. The van der Waals surface area contributed by atoms with Crippen molar-refractivity contribution in [2.75, 3.05) is 0 Å². The van der Waals surface area contributed by atoms with Crippen molar-refractivity contribution in [2.45, 2.75) is 38.1 Å². The molecule has 0 bridgehead atoms. The van der Waals surface area contributed by atoms with Gasteiger partial charge in [0.15, 0.2) is 0 Å². The second-order valence-corrected chi connectivity index (χ2v) is 4.42. The van der Waals surface area contributed by atoms with Crippen LogP contribution in [-0.2, 0) is 13.5 Å². The minimum Gasteiger partial charge on any atom is -0.327 e. The van der Waals surface area contributed by atoms with E-state index in [4.69, 9.17) is 5.73 Å². The minimum atomic E-state index is -0.144. The van der Waals surface area contributed by atoms with Crippen molar-refractivity contribution in [3.63, 3.8) is 0 Å². The fourth-order valence-electron chi connectivity index (χ4n) is 2.29. The Bertz CT molecular complexity index is 381. The summed E-state index contributed by atoms with van der Waals surface area (Å²) in [5.74, 6) is 1.30. The van der Waals surface area contributed by atoms with Crippen molar-refractivity contribution in [1.82, 2.24) is 14.8 Å². The molecule has 1 aliphatic carbocycles. The van der Waals surface area contributed by atoms with Gasteiger partial charge in [0.1, 0.15) is 5.82 Å². The van der Waals surface area contributed by atoms with Crippen LogP contribution < -0.4 is 11.4 Å². The van der Waals surface area contributed by atoms with Crippen LogP contribution in [0.2, 0.25) is 0 Å². The monoisotopic (exact) mass is 210 g/mol. The lowest BCUT2D eigenvalue weighted by Crippen LogP contribution is -2.35. The molecule has 0 unspecified atom stereocenters. The highest BCUT2D eigenvalue weighted by atomic mass is 16.1. The largest absolute Gasteiger partial charge is 0.343 e. The van der Waals surface area contributed by atoms with Crippen molar-refractivity contribution in [1.29, 1.82) is 0 Å². The number of nitrogens with two attached hydrogens (primary N) is 1. The molecule has 1 aromatic rings. The lowest BCUT2D eigenvalue weighted by atomic mass is 9.83. The van der Waals surface area contributed by atoms with Gasteiger partial charge in [-0.1, -0.05) is 12.8 Å². The Balaban J connectivity index is 2.07. The summed E-state index contributed by atoms with van der Waals surface area (Å²) in [5, 5.41) is 6.47. The average Bonchev–Trinajstić information content (AvgIpc) is 2.53. The number of hydrogen-bond acceptors (Lipinski definition) is 3. The number of H-pyrrole nitrogens is 1. The number of aromatic nitrogens is 3. The van der Waals surface area contributed by atoms with Gasteiger partial charge < -0.3 is 5.73 Å². The number of nitrogens with one attached hydrogen (secondary N) is 1. The summed E-state index contributed by atoms with van der Waals surface area (Å²) in [4.78, 5) is 11.2. The van der Waals surface area contributed by atoms with Gasteiger partial charge in [-0.3, -0.25) is 4.57 Å². The van der Waals surface area contributed by atoms with Gasteiger partial charge in [-0.25, -0.2) is 9.89 Å². The summed E-state index contributed by atoms with van der Waals surface area (Å²) in [5.41, 5.74) is 5.91. The Morgan fingerprint density at radius 1 is 1.53 bits per heavy atom. The van der Waals surface area contributed by atoms with Gasteiger partial charge in [-0.05, 0) is 18.8 Å². The molecule has 84 valence electrons. The van der Waals surface area contributed by atoms with Crippen molar-refractivity contribution in [2.24, 2.45) is 18.7 Å². The Hall–Kier alpha value is -1.10. The molecule has 1 aromatic heterocycles. The summed E-state index contributed by atoms with van der Waals surface area (Å²) in [6.07, 6.45) is 5.55. The van der Waals surface area contributed by atoms with Crippen LogP contribution in [0.15, 0.2) is 4.79 Å². The molecular weight excluding hydrogens is 192 g/mol. The Morgan fingerprint density at radius 3 is 2.87 bits per heavy atom. The first-order valence-corrected chi connectivity index (χ1v) is 5.54. The van der Waals surface area contributed by atoms with E-state index in [1.807, 2.05) is 0 Å². The maximum Gasteiger partial charge on any atom is 0.343 e. The summed E-state index contributed by atoms with van der Waals surface area (Å²) in [6.45, 7) is 0. The smallest absolute Gasteiger partial charge is 0.327 e. The van der Waals surface area contributed by atoms with E-state index in [1.54, 1.807) is 11.6 Å². The zero-order valence-corrected chi connectivity index (χ0v) is 9.07. The van der Waals surface area contributed by atoms with E-state index >= 15 is 0 Å². The van der Waals surface area contributed by atoms with E-state index in [1.165, 1.54) is 12.8 Å². The first kappa shape index (κ1) is 10.4. The standard InChI is InChI=1S/C10H18N4O/c1-14-9(12-13-10(14)15)6-7-4-2-3-5-8(7)11/h7-8H,2-6,11H2,1H3,(H,13,15)/t7-,8-/m1/s1. The summed E-state index contributed by atoms with van der Waals surface area (Å²) in [7, 11) is 1.75. The van der Waals surface area contributed by atoms with E-state index in [2.05, 4.69) is 10.2 Å².